The summed E-state index contributed by atoms with van der Waals surface area (Å²) < 4.78 is 5.18. The summed E-state index contributed by atoms with van der Waals surface area (Å²) in [5.74, 6) is -0.850. The number of anilines is 1. The molecule has 0 bridgehead atoms. The Hall–Kier alpha value is -2.47. The Morgan fingerprint density at radius 1 is 1.32 bits per heavy atom. The fourth-order valence-electron chi connectivity index (χ4n) is 1.90. The molecule has 0 saturated heterocycles. The minimum absolute atomic E-state index is 0.0267. The number of furan rings is 1. The van der Waals surface area contributed by atoms with Crippen molar-refractivity contribution in [1.82, 2.24) is 4.90 Å². The first kappa shape index (κ1) is 15.9. The van der Waals surface area contributed by atoms with E-state index < -0.39 is 5.97 Å². The van der Waals surface area contributed by atoms with Gasteiger partial charge >= 0.3 is 5.97 Å². The number of nitrogens with zero attached hydrogens (tertiary/aromatic N) is 1. The third-order valence-electron chi connectivity index (χ3n) is 3.01. The van der Waals surface area contributed by atoms with Gasteiger partial charge in [0.25, 0.3) is 5.91 Å². The zero-order chi connectivity index (χ0) is 16.3. The van der Waals surface area contributed by atoms with Gasteiger partial charge in [-0.3, -0.25) is 4.79 Å². The molecular formula is C15H15ClN2O4. The number of hydrogen-bond donors (Lipinski definition) is 2. The molecule has 0 spiro atoms. The van der Waals surface area contributed by atoms with E-state index in [4.69, 9.17) is 16.0 Å². The molecule has 0 atom stereocenters. The van der Waals surface area contributed by atoms with Crippen molar-refractivity contribution in [2.75, 3.05) is 19.4 Å². The average molecular weight is 323 g/mol. The molecule has 0 aliphatic heterocycles. The highest BCUT2D eigenvalue weighted by molar-refractivity contribution is 6.34. The number of nitrogens with one attached hydrogen (secondary N) is 1. The molecule has 2 rings (SSSR count). The molecule has 7 heteroatoms. The first-order chi connectivity index (χ1) is 10.4. The van der Waals surface area contributed by atoms with Gasteiger partial charge in [0.2, 0.25) is 0 Å². The average Bonchev–Trinajstić information content (AvgIpc) is 2.97. The van der Waals surface area contributed by atoms with E-state index in [1.165, 1.54) is 23.3 Å². The minimum atomic E-state index is -1.15. The standard InChI is InChI=1S/C15H15ClN2O4/c1-18(2)14(19)10-6-11(15(20)21)13(7-12(10)16)17-8-9-4-3-5-22-9/h3-7,17H,8H2,1-2H3,(H,20,21). The van der Waals surface area contributed by atoms with Crippen molar-refractivity contribution in [3.63, 3.8) is 0 Å². The number of rotatable bonds is 5. The Bertz CT molecular complexity index is 696. The SMILES string of the molecule is CN(C)C(=O)c1cc(C(=O)O)c(NCc2ccco2)cc1Cl. The van der Waals surface area contributed by atoms with Gasteiger partial charge in [-0.15, -0.1) is 0 Å². The summed E-state index contributed by atoms with van der Waals surface area (Å²) in [5, 5.41) is 12.5. The normalized spacial score (nSPS) is 10.3. The summed E-state index contributed by atoms with van der Waals surface area (Å²) >= 11 is 6.10. The number of amides is 1. The number of halogens is 1. The van der Waals surface area contributed by atoms with Crippen LogP contribution in [0.1, 0.15) is 26.5 Å². The molecule has 0 aliphatic rings. The summed E-state index contributed by atoms with van der Waals surface area (Å²) in [6.45, 7) is 0.310. The Kier molecular flexibility index (Phi) is 4.72. The molecule has 0 aliphatic carbocycles. The van der Waals surface area contributed by atoms with Gasteiger partial charge in [-0.2, -0.15) is 0 Å². The lowest BCUT2D eigenvalue weighted by atomic mass is 10.1. The summed E-state index contributed by atoms with van der Waals surface area (Å²) in [6, 6.07) is 6.21. The van der Waals surface area contributed by atoms with Crippen molar-refractivity contribution in [2.45, 2.75) is 6.54 Å². The highest BCUT2D eigenvalue weighted by Crippen LogP contribution is 2.27. The summed E-state index contributed by atoms with van der Waals surface area (Å²) in [5.41, 5.74) is 0.443. The molecule has 2 aromatic rings. The minimum Gasteiger partial charge on any atom is -0.478 e. The topological polar surface area (TPSA) is 82.8 Å². The molecule has 1 aromatic carbocycles. The van der Waals surface area contributed by atoms with Crippen LogP contribution in [-0.4, -0.2) is 36.0 Å². The van der Waals surface area contributed by atoms with Crippen LogP contribution in [0, 0.1) is 0 Å². The molecule has 1 amide bonds. The lowest BCUT2D eigenvalue weighted by Gasteiger charge is -2.15. The third kappa shape index (κ3) is 3.40. The van der Waals surface area contributed by atoms with Crippen LogP contribution >= 0.6 is 11.6 Å². The van der Waals surface area contributed by atoms with Crippen LogP contribution in [0.25, 0.3) is 0 Å². The van der Waals surface area contributed by atoms with Crippen LogP contribution in [0.3, 0.4) is 0 Å². The Morgan fingerprint density at radius 3 is 2.59 bits per heavy atom. The van der Waals surface area contributed by atoms with Crippen LogP contribution < -0.4 is 5.32 Å². The molecule has 0 unspecified atom stereocenters. The summed E-state index contributed by atoms with van der Waals surface area (Å²) in [7, 11) is 3.14. The van der Waals surface area contributed by atoms with Crippen LogP contribution in [-0.2, 0) is 6.54 Å². The molecular weight excluding hydrogens is 308 g/mol. The van der Waals surface area contributed by atoms with Crippen molar-refractivity contribution in [2.24, 2.45) is 0 Å². The quantitative estimate of drug-likeness (QED) is 0.884. The number of aromatic carboxylic acids is 1. The second kappa shape index (κ2) is 6.53. The van der Waals surface area contributed by atoms with Gasteiger partial charge in [-0.25, -0.2) is 4.79 Å². The van der Waals surface area contributed by atoms with E-state index in [2.05, 4.69) is 5.32 Å². The smallest absolute Gasteiger partial charge is 0.337 e. The number of carbonyl (C=O) groups is 2. The van der Waals surface area contributed by atoms with E-state index in [0.29, 0.717) is 18.0 Å². The van der Waals surface area contributed by atoms with E-state index in [1.807, 2.05) is 0 Å². The second-order valence-electron chi connectivity index (χ2n) is 4.82. The van der Waals surface area contributed by atoms with E-state index in [0.717, 1.165) is 0 Å². The number of hydrogen-bond acceptors (Lipinski definition) is 4. The van der Waals surface area contributed by atoms with Gasteiger partial charge in [-0.05, 0) is 24.3 Å². The highest BCUT2D eigenvalue weighted by atomic mass is 35.5. The van der Waals surface area contributed by atoms with Crippen molar-refractivity contribution in [1.29, 1.82) is 0 Å². The van der Waals surface area contributed by atoms with E-state index in [1.54, 1.807) is 26.2 Å². The lowest BCUT2D eigenvalue weighted by molar-refractivity contribution is 0.0698. The number of carboxylic acids is 1. The van der Waals surface area contributed by atoms with E-state index in [-0.39, 0.29) is 22.1 Å². The maximum atomic E-state index is 12.0. The maximum absolute atomic E-state index is 12.0. The third-order valence-corrected chi connectivity index (χ3v) is 3.32. The molecule has 1 aromatic heterocycles. The first-order valence-corrected chi connectivity index (χ1v) is 6.82. The molecule has 0 saturated carbocycles. The van der Waals surface area contributed by atoms with Gasteiger partial charge < -0.3 is 19.7 Å². The monoisotopic (exact) mass is 322 g/mol. The fraction of sp³-hybridized carbons (Fsp3) is 0.200. The van der Waals surface area contributed by atoms with Crippen LogP contribution in [0.2, 0.25) is 5.02 Å². The Balaban J connectivity index is 2.35. The highest BCUT2D eigenvalue weighted by Gasteiger charge is 2.19. The number of carbonyl (C=O) groups excluding carboxylic acids is 1. The summed E-state index contributed by atoms with van der Waals surface area (Å²) in [6.07, 6.45) is 1.53. The summed E-state index contributed by atoms with van der Waals surface area (Å²) in [4.78, 5) is 24.8. The zero-order valence-corrected chi connectivity index (χ0v) is 12.8. The first-order valence-electron chi connectivity index (χ1n) is 6.45. The van der Waals surface area contributed by atoms with Crippen LogP contribution in [0.4, 0.5) is 5.69 Å². The largest absolute Gasteiger partial charge is 0.478 e. The van der Waals surface area contributed by atoms with Gasteiger partial charge in [0.1, 0.15) is 5.76 Å². The second-order valence-corrected chi connectivity index (χ2v) is 5.22. The molecule has 2 N–H and O–H groups in total. The predicted molar refractivity (Wildman–Crippen MR) is 82.5 cm³/mol. The van der Waals surface area contributed by atoms with E-state index in [9.17, 15) is 14.7 Å². The fourth-order valence-corrected chi connectivity index (χ4v) is 2.14. The van der Waals surface area contributed by atoms with E-state index >= 15 is 0 Å². The number of carboxylic acid groups (broad SMARTS) is 1. The van der Waals surface area contributed by atoms with Crippen LogP contribution in [0.5, 0.6) is 0 Å². The van der Waals surface area contributed by atoms with Gasteiger partial charge in [0.15, 0.2) is 0 Å². The van der Waals surface area contributed by atoms with Gasteiger partial charge in [0, 0.05) is 14.1 Å². The molecule has 6 nitrogen and oxygen atoms in total. The van der Waals surface area contributed by atoms with Crippen molar-refractivity contribution in [3.05, 3.63) is 52.4 Å². The Labute approximate surface area is 132 Å². The Morgan fingerprint density at radius 2 is 2.05 bits per heavy atom. The van der Waals surface area contributed by atoms with Crippen molar-refractivity contribution < 1.29 is 19.1 Å². The van der Waals surface area contributed by atoms with Crippen molar-refractivity contribution >= 4 is 29.2 Å². The van der Waals surface area contributed by atoms with Gasteiger partial charge in [-0.1, -0.05) is 11.6 Å². The predicted octanol–water partition coefficient (Wildman–Crippen LogP) is 2.95. The van der Waals surface area contributed by atoms with Gasteiger partial charge in [0.05, 0.1) is 34.6 Å². The lowest BCUT2D eigenvalue weighted by Crippen LogP contribution is -2.22. The number of benzene rings is 1. The molecule has 1 heterocycles. The zero-order valence-electron chi connectivity index (χ0n) is 12.1. The molecule has 0 fully saturated rings. The van der Waals surface area contributed by atoms with Crippen molar-refractivity contribution in [3.8, 4) is 0 Å². The molecule has 0 radical (unpaired) electrons. The molecule has 22 heavy (non-hydrogen) atoms. The van der Waals surface area contributed by atoms with Crippen LogP contribution in [0.15, 0.2) is 34.9 Å². The maximum Gasteiger partial charge on any atom is 0.337 e. The molecule has 116 valence electrons.